The first-order chi connectivity index (χ1) is 9.31. The highest BCUT2D eigenvalue weighted by Crippen LogP contribution is 2.35. The molecule has 2 heterocycles. The minimum absolute atomic E-state index is 1.10. The van der Waals surface area contributed by atoms with Gasteiger partial charge in [-0.1, -0.05) is 30.3 Å². The van der Waals surface area contributed by atoms with Gasteiger partial charge in [-0.05, 0) is 41.4 Å². The number of likely N-dealkylation sites (N-methyl/N-ethyl adjacent to an activating group) is 1. The van der Waals surface area contributed by atoms with Gasteiger partial charge in [0, 0.05) is 30.9 Å². The largest absolute Gasteiger partial charge is 0.359 e. The highest BCUT2D eigenvalue weighted by molar-refractivity contribution is 5.91. The van der Waals surface area contributed by atoms with Crippen LogP contribution in [-0.4, -0.2) is 25.0 Å². The van der Waals surface area contributed by atoms with Crippen LogP contribution in [0.2, 0.25) is 0 Å². The van der Waals surface area contributed by atoms with Crippen molar-refractivity contribution in [3.8, 4) is 0 Å². The van der Waals surface area contributed by atoms with E-state index in [4.69, 9.17) is 0 Å². The predicted molar refractivity (Wildman–Crippen MR) is 80.4 cm³/mol. The molecule has 0 aromatic heterocycles. The topological polar surface area (TPSA) is 15.3 Å². The maximum Gasteiger partial charge on any atom is 0.0424 e. The highest BCUT2D eigenvalue weighted by atomic mass is 15.1. The first kappa shape index (κ1) is 11.1. The first-order valence-corrected chi connectivity index (χ1v) is 6.98. The summed E-state index contributed by atoms with van der Waals surface area (Å²) in [6.45, 7) is 2.26. The van der Waals surface area contributed by atoms with E-state index in [1.165, 1.54) is 27.7 Å². The smallest absolute Gasteiger partial charge is 0.0424 e. The van der Waals surface area contributed by atoms with Gasteiger partial charge in [-0.2, -0.15) is 0 Å². The van der Waals surface area contributed by atoms with Crippen LogP contribution in [0.1, 0.15) is 12.0 Å². The van der Waals surface area contributed by atoms with Crippen LogP contribution in [0.5, 0.6) is 0 Å². The Morgan fingerprint density at radius 2 is 2.00 bits per heavy atom. The molecule has 2 aliphatic heterocycles. The lowest BCUT2D eigenvalue weighted by Gasteiger charge is -2.33. The van der Waals surface area contributed by atoms with E-state index < -0.39 is 0 Å². The van der Waals surface area contributed by atoms with Crippen LogP contribution in [0.25, 0.3) is 10.8 Å². The minimum atomic E-state index is 1.10. The highest BCUT2D eigenvalue weighted by Gasteiger charge is 2.23. The number of benzene rings is 2. The van der Waals surface area contributed by atoms with E-state index in [1.807, 2.05) is 0 Å². The normalized spacial score (nSPS) is 19.0. The first-order valence-electron chi connectivity index (χ1n) is 6.98. The Morgan fingerprint density at radius 3 is 2.95 bits per heavy atom. The average molecular weight is 250 g/mol. The van der Waals surface area contributed by atoms with Crippen molar-refractivity contribution in [2.24, 2.45) is 0 Å². The molecule has 2 aromatic carbocycles. The fraction of sp³-hybridized carbons (Fsp3) is 0.294. The Hall–Kier alpha value is -1.80. The summed E-state index contributed by atoms with van der Waals surface area (Å²) >= 11 is 0. The van der Waals surface area contributed by atoms with Crippen LogP contribution in [0.15, 0.2) is 47.7 Å². The van der Waals surface area contributed by atoms with Crippen LogP contribution in [-0.2, 0) is 6.42 Å². The summed E-state index contributed by atoms with van der Waals surface area (Å²) in [6.07, 6.45) is 2.25. The average Bonchev–Trinajstić information content (AvgIpc) is 2.45. The lowest BCUT2D eigenvalue weighted by molar-refractivity contribution is 0.345. The van der Waals surface area contributed by atoms with Crippen LogP contribution < -0.4 is 5.32 Å². The number of hydrogen-bond donors (Lipinski definition) is 1. The van der Waals surface area contributed by atoms with Crippen molar-refractivity contribution in [2.75, 3.05) is 25.5 Å². The second kappa shape index (κ2) is 4.10. The van der Waals surface area contributed by atoms with Crippen molar-refractivity contribution >= 4 is 16.5 Å². The Bertz CT molecular complexity index is 685. The summed E-state index contributed by atoms with van der Waals surface area (Å²) in [5, 5.41) is 6.40. The fourth-order valence-electron chi connectivity index (χ4n) is 3.31. The van der Waals surface area contributed by atoms with E-state index in [2.05, 4.69) is 53.7 Å². The van der Waals surface area contributed by atoms with Crippen molar-refractivity contribution in [3.05, 3.63) is 53.2 Å². The summed E-state index contributed by atoms with van der Waals surface area (Å²) in [4.78, 5) is 2.41. The van der Waals surface area contributed by atoms with Gasteiger partial charge >= 0.3 is 0 Å². The number of nitrogens with one attached hydrogen (secondary N) is 1. The molecule has 96 valence electrons. The molecule has 0 amide bonds. The van der Waals surface area contributed by atoms with Gasteiger partial charge in [0.05, 0.1) is 0 Å². The quantitative estimate of drug-likeness (QED) is 0.771. The zero-order chi connectivity index (χ0) is 12.8. The molecule has 0 radical (unpaired) electrons. The monoisotopic (exact) mass is 250 g/mol. The molecule has 2 nitrogen and oxygen atoms in total. The van der Waals surface area contributed by atoms with Gasteiger partial charge in [-0.3, -0.25) is 0 Å². The Kier molecular flexibility index (Phi) is 2.39. The van der Waals surface area contributed by atoms with Crippen LogP contribution >= 0.6 is 0 Å². The number of fused-ring (bicyclic) bond motifs is 3. The fourth-order valence-corrected chi connectivity index (χ4v) is 3.31. The SMILES string of the molecule is CN1CCC2=C(Cc3c(ccc4ccccc34)N2)C1. The molecule has 0 saturated carbocycles. The molecule has 4 rings (SSSR count). The van der Waals surface area contributed by atoms with E-state index in [-0.39, 0.29) is 0 Å². The van der Waals surface area contributed by atoms with Crippen molar-refractivity contribution in [2.45, 2.75) is 12.8 Å². The molecule has 0 bridgehead atoms. The van der Waals surface area contributed by atoms with E-state index in [1.54, 1.807) is 5.57 Å². The molecule has 0 unspecified atom stereocenters. The van der Waals surface area contributed by atoms with Gasteiger partial charge in [0.15, 0.2) is 0 Å². The summed E-state index contributed by atoms with van der Waals surface area (Å²) in [6, 6.07) is 13.2. The summed E-state index contributed by atoms with van der Waals surface area (Å²) in [7, 11) is 2.21. The third-order valence-electron chi connectivity index (χ3n) is 4.35. The third-order valence-corrected chi connectivity index (χ3v) is 4.35. The van der Waals surface area contributed by atoms with Gasteiger partial charge < -0.3 is 10.2 Å². The molecule has 2 aliphatic rings. The van der Waals surface area contributed by atoms with E-state index in [9.17, 15) is 0 Å². The Morgan fingerprint density at radius 1 is 1.11 bits per heavy atom. The van der Waals surface area contributed by atoms with Gasteiger partial charge in [-0.15, -0.1) is 0 Å². The van der Waals surface area contributed by atoms with Gasteiger partial charge in [-0.25, -0.2) is 0 Å². The Labute approximate surface area is 113 Å². The Balaban J connectivity index is 1.85. The van der Waals surface area contributed by atoms with Crippen LogP contribution in [0.4, 0.5) is 5.69 Å². The maximum atomic E-state index is 3.66. The standard InChI is InChI=1S/C17H18N2/c1-19-9-8-16-13(11-19)10-15-14-5-3-2-4-12(14)6-7-17(15)18-16/h2-7,18H,8-11H2,1H3. The van der Waals surface area contributed by atoms with Crippen LogP contribution in [0, 0.1) is 0 Å². The zero-order valence-corrected chi connectivity index (χ0v) is 11.2. The van der Waals surface area contributed by atoms with Crippen molar-refractivity contribution in [1.82, 2.24) is 4.90 Å². The van der Waals surface area contributed by atoms with Crippen molar-refractivity contribution < 1.29 is 0 Å². The predicted octanol–water partition coefficient (Wildman–Crippen LogP) is 3.40. The molecule has 0 saturated heterocycles. The molecule has 2 aromatic rings. The van der Waals surface area contributed by atoms with Gasteiger partial charge in [0.2, 0.25) is 0 Å². The van der Waals surface area contributed by atoms with Crippen molar-refractivity contribution in [1.29, 1.82) is 0 Å². The molecule has 1 N–H and O–H groups in total. The molecule has 19 heavy (non-hydrogen) atoms. The minimum Gasteiger partial charge on any atom is -0.359 e. The van der Waals surface area contributed by atoms with E-state index in [0.717, 1.165) is 25.9 Å². The van der Waals surface area contributed by atoms with Crippen LogP contribution in [0.3, 0.4) is 0 Å². The summed E-state index contributed by atoms with van der Waals surface area (Å²) in [5.41, 5.74) is 5.80. The molecule has 0 aliphatic carbocycles. The molecule has 0 atom stereocenters. The second-order valence-electron chi connectivity index (χ2n) is 5.68. The molecule has 2 heteroatoms. The number of anilines is 1. The molecule has 0 fully saturated rings. The lowest BCUT2D eigenvalue weighted by Crippen LogP contribution is -2.32. The lowest BCUT2D eigenvalue weighted by atomic mass is 9.90. The number of hydrogen-bond acceptors (Lipinski definition) is 2. The molecule has 0 spiro atoms. The van der Waals surface area contributed by atoms with E-state index in [0.29, 0.717) is 0 Å². The third kappa shape index (κ3) is 1.75. The van der Waals surface area contributed by atoms with Gasteiger partial charge in [0.1, 0.15) is 0 Å². The second-order valence-corrected chi connectivity index (χ2v) is 5.68. The number of rotatable bonds is 0. The van der Waals surface area contributed by atoms with Crippen molar-refractivity contribution in [3.63, 3.8) is 0 Å². The molecular weight excluding hydrogens is 232 g/mol. The summed E-state index contributed by atoms with van der Waals surface area (Å²) < 4.78 is 0. The number of nitrogens with zero attached hydrogens (tertiary/aromatic N) is 1. The zero-order valence-electron chi connectivity index (χ0n) is 11.2. The molecular formula is C17H18N2. The maximum absolute atomic E-state index is 3.66. The summed E-state index contributed by atoms with van der Waals surface area (Å²) in [5.74, 6) is 0. The van der Waals surface area contributed by atoms with Gasteiger partial charge in [0.25, 0.3) is 0 Å². The van der Waals surface area contributed by atoms with E-state index >= 15 is 0 Å².